The van der Waals surface area contributed by atoms with Crippen LogP contribution in [0.15, 0.2) is 12.2 Å². The summed E-state index contributed by atoms with van der Waals surface area (Å²) in [6.07, 6.45) is -7.15. The summed E-state index contributed by atoms with van der Waals surface area (Å²) in [5.74, 6) is 1.09. The predicted octanol–water partition coefficient (Wildman–Crippen LogP) is -0.226. The van der Waals surface area contributed by atoms with E-state index in [9.17, 15) is 40.5 Å². The van der Waals surface area contributed by atoms with Gasteiger partial charge < -0.3 is 59.5 Å². The molecule has 5 fully saturated rings. The van der Waals surface area contributed by atoms with Crippen molar-refractivity contribution in [2.45, 2.75) is 133 Å². The Hall–Kier alpha value is -1.03. The van der Waals surface area contributed by atoms with E-state index in [2.05, 4.69) is 20.4 Å². The zero-order valence-corrected chi connectivity index (χ0v) is 25.1. The van der Waals surface area contributed by atoms with Crippen LogP contribution in [-0.2, 0) is 23.7 Å². The molecule has 3 aliphatic carbocycles. The standard InChI is InChI=1S/C31H50O12/c1-15-11-16-5-8-21-30(2,14-34)9-4-10-31(21,3)17(16)6-7-18(15)40-29-27(25(38)23(36)20(13-33)42-29)43-28-26(39)24(37)22(35)19(12-32)41-28/h14,16-29,32-33,35-39H,1,4-13H2,2-3H3/t16?,17-,18?,19?,20?,21-,22?,23?,24?,25?,26?,27?,28?,29?,30+,31+/m1/s1. The van der Waals surface area contributed by atoms with Crippen molar-refractivity contribution in [1.29, 1.82) is 0 Å². The largest absolute Gasteiger partial charge is 0.394 e. The molecule has 16 atom stereocenters. The molecule has 0 bridgehead atoms. The quantitative estimate of drug-likeness (QED) is 0.147. The molecule has 12 heteroatoms. The number of carbonyl (C=O) groups excluding carboxylic acids is 1. The van der Waals surface area contributed by atoms with Crippen molar-refractivity contribution in [1.82, 2.24) is 0 Å². The maximum absolute atomic E-state index is 12.2. The summed E-state index contributed by atoms with van der Waals surface area (Å²) in [6, 6.07) is 0. The number of aliphatic hydroxyl groups excluding tert-OH is 7. The van der Waals surface area contributed by atoms with Gasteiger partial charge in [0.25, 0.3) is 0 Å². The Balaban J connectivity index is 1.34. The highest BCUT2D eigenvalue weighted by molar-refractivity contribution is 5.60. The van der Waals surface area contributed by atoms with Crippen molar-refractivity contribution < 1.29 is 59.5 Å². The van der Waals surface area contributed by atoms with Gasteiger partial charge in [0.15, 0.2) is 12.6 Å². The number of hydrogen-bond donors (Lipinski definition) is 7. The maximum Gasteiger partial charge on any atom is 0.187 e. The van der Waals surface area contributed by atoms with Crippen LogP contribution in [0.2, 0.25) is 0 Å². The minimum absolute atomic E-state index is 0.0182. The summed E-state index contributed by atoms with van der Waals surface area (Å²) in [6.45, 7) is 7.54. The Morgan fingerprint density at radius 1 is 0.837 bits per heavy atom. The lowest BCUT2D eigenvalue weighted by Crippen LogP contribution is -2.65. The van der Waals surface area contributed by atoms with Crippen LogP contribution in [0.1, 0.15) is 65.2 Å². The van der Waals surface area contributed by atoms with Gasteiger partial charge in [-0.2, -0.15) is 0 Å². The van der Waals surface area contributed by atoms with Gasteiger partial charge >= 0.3 is 0 Å². The summed E-state index contributed by atoms with van der Waals surface area (Å²) in [7, 11) is 0. The minimum atomic E-state index is -1.74. The Morgan fingerprint density at radius 3 is 2.14 bits per heavy atom. The summed E-state index contributed by atoms with van der Waals surface area (Å²) < 4.78 is 23.6. The third-order valence-electron chi connectivity index (χ3n) is 11.5. The fourth-order valence-electron chi connectivity index (χ4n) is 9.10. The van der Waals surface area contributed by atoms with Crippen molar-refractivity contribution in [3.8, 4) is 0 Å². The zero-order chi connectivity index (χ0) is 31.3. The molecule has 3 saturated carbocycles. The molecule has 5 rings (SSSR count). The van der Waals surface area contributed by atoms with E-state index in [0.717, 1.165) is 50.5 Å². The molecule has 0 aromatic heterocycles. The van der Waals surface area contributed by atoms with Gasteiger partial charge in [0, 0.05) is 5.41 Å². The van der Waals surface area contributed by atoms with Crippen molar-refractivity contribution in [3.05, 3.63) is 12.2 Å². The molecule has 5 aliphatic rings. The lowest BCUT2D eigenvalue weighted by molar-refractivity contribution is -0.370. The molecular weight excluding hydrogens is 564 g/mol. The second-order valence-electron chi connectivity index (χ2n) is 14.0. The van der Waals surface area contributed by atoms with Crippen molar-refractivity contribution in [2.75, 3.05) is 13.2 Å². The summed E-state index contributed by atoms with van der Waals surface area (Å²) in [5, 5.41) is 72.0. The van der Waals surface area contributed by atoms with Gasteiger partial charge in [-0.3, -0.25) is 0 Å². The van der Waals surface area contributed by atoms with Crippen molar-refractivity contribution in [2.24, 2.45) is 28.6 Å². The minimum Gasteiger partial charge on any atom is -0.394 e. The smallest absolute Gasteiger partial charge is 0.187 e. The number of fused-ring (bicyclic) bond motifs is 3. The SMILES string of the molecule is C=C1CC2CC[C@H]3[C@@](C)(CCC[C@@]3(C)C=O)[C@@H]2CCC1OC1OC(CO)C(O)C(O)C1OC1OC(CO)C(O)C(O)C1O. The Labute approximate surface area is 252 Å². The van der Waals surface area contributed by atoms with E-state index >= 15 is 0 Å². The summed E-state index contributed by atoms with van der Waals surface area (Å²) in [5.41, 5.74) is 0.558. The third kappa shape index (κ3) is 5.98. The highest BCUT2D eigenvalue weighted by Crippen LogP contribution is 2.63. The van der Waals surface area contributed by atoms with E-state index in [4.69, 9.17) is 18.9 Å². The van der Waals surface area contributed by atoms with E-state index < -0.39 is 80.7 Å². The zero-order valence-electron chi connectivity index (χ0n) is 25.1. The van der Waals surface area contributed by atoms with Gasteiger partial charge in [-0.05, 0) is 73.7 Å². The van der Waals surface area contributed by atoms with E-state index in [0.29, 0.717) is 24.2 Å². The van der Waals surface area contributed by atoms with Crippen LogP contribution in [0.5, 0.6) is 0 Å². The molecule has 7 N–H and O–H groups in total. The first-order valence-corrected chi connectivity index (χ1v) is 15.8. The first-order chi connectivity index (χ1) is 20.4. The van der Waals surface area contributed by atoms with Crippen LogP contribution in [0.25, 0.3) is 0 Å². The van der Waals surface area contributed by atoms with Crippen molar-refractivity contribution >= 4 is 6.29 Å². The molecule has 246 valence electrons. The van der Waals surface area contributed by atoms with Crippen LogP contribution in [-0.4, -0.2) is 123 Å². The monoisotopic (exact) mass is 614 g/mol. The first-order valence-electron chi connectivity index (χ1n) is 15.8. The molecule has 0 amide bonds. The summed E-state index contributed by atoms with van der Waals surface area (Å²) in [4.78, 5) is 12.2. The van der Waals surface area contributed by atoms with E-state index in [-0.39, 0.29) is 10.8 Å². The van der Waals surface area contributed by atoms with Gasteiger partial charge in [0.05, 0.1) is 19.3 Å². The second-order valence-corrected chi connectivity index (χ2v) is 14.0. The van der Waals surface area contributed by atoms with Gasteiger partial charge in [-0.15, -0.1) is 0 Å². The lowest BCUT2D eigenvalue weighted by Gasteiger charge is -2.58. The van der Waals surface area contributed by atoms with Crippen LogP contribution < -0.4 is 0 Å². The third-order valence-corrected chi connectivity index (χ3v) is 11.5. The van der Waals surface area contributed by atoms with Crippen molar-refractivity contribution in [3.63, 3.8) is 0 Å². The molecule has 2 saturated heterocycles. The van der Waals surface area contributed by atoms with Gasteiger partial charge in [-0.1, -0.05) is 26.8 Å². The van der Waals surface area contributed by atoms with Crippen LogP contribution in [0.4, 0.5) is 0 Å². The Morgan fingerprint density at radius 2 is 1.49 bits per heavy atom. The molecule has 0 aromatic carbocycles. The van der Waals surface area contributed by atoms with Crippen LogP contribution >= 0.6 is 0 Å². The molecule has 2 heterocycles. The van der Waals surface area contributed by atoms with Gasteiger partial charge in [0.2, 0.25) is 0 Å². The fraction of sp³-hybridized carbons (Fsp3) is 0.903. The predicted molar refractivity (Wildman–Crippen MR) is 150 cm³/mol. The molecule has 0 radical (unpaired) electrons. The van der Waals surface area contributed by atoms with Crippen LogP contribution in [0.3, 0.4) is 0 Å². The number of aldehydes is 1. The molecule has 12 unspecified atom stereocenters. The van der Waals surface area contributed by atoms with Crippen LogP contribution in [0, 0.1) is 28.6 Å². The maximum atomic E-state index is 12.2. The summed E-state index contributed by atoms with van der Waals surface area (Å²) >= 11 is 0. The molecule has 0 aromatic rings. The number of ether oxygens (including phenoxy) is 4. The lowest BCUT2D eigenvalue weighted by atomic mass is 9.45. The van der Waals surface area contributed by atoms with Gasteiger partial charge in [-0.25, -0.2) is 0 Å². The molecule has 0 spiro atoms. The highest BCUT2D eigenvalue weighted by atomic mass is 16.8. The number of aliphatic hydroxyl groups is 7. The highest BCUT2D eigenvalue weighted by Gasteiger charge is 2.57. The molecule has 12 nitrogen and oxygen atoms in total. The average Bonchev–Trinajstić information content (AvgIpc) is 3.15. The Bertz CT molecular complexity index is 994. The number of rotatable bonds is 7. The van der Waals surface area contributed by atoms with E-state index in [1.54, 1.807) is 0 Å². The van der Waals surface area contributed by atoms with E-state index in [1.807, 2.05) is 0 Å². The number of hydrogen-bond acceptors (Lipinski definition) is 12. The van der Waals surface area contributed by atoms with Gasteiger partial charge in [0.1, 0.15) is 55.1 Å². The Kier molecular flexibility index (Phi) is 10.1. The number of carbonyl (C=O) groups is 1. The average molecular weight is 615 g/mol. The second kappa shape index (κ2) is 13.0. The topological polar surface area (TPSA) is 196 Å². The molecule has 2 aliphatic heterocycles. The molecular formula is C31H50O12. The fourth-order valence-corrected chi connectivity index (χ4v) is 9.10. The normalized spacial score (nSPS) is 52.5. The first kappa shape index (κ1) is 33.3. The molecule has 43 heavy (non-hydrogen) atoms. The van der Waals surface area contributed by atoms with E-state index in [1.165, 1.54) is 6.29 Å².